The summed E-state index contributed by atoms with van der Waals surface area (Å²) in [6, 6.07) is 9.68. The summed E-state index contributed by atoms with van der Waals surface area (Å²) in [5.74, 6) is -0.904. The van der Waals surface area contributed by atoms with Gasteiger partial charge in [0, 0.05) is 18.3 Å². The van der Waals surface area contributed by atoms with E-state index in [2.05, 4.69) is 10.3 Å². The number of aromatic nitrogens is 1. The number of carbonyl (C=O) groups excluding carboxylic acids is 2. The van der Waals surface area contributed by atoms with Gasteiger partial charge in [-0.15, -0.1) is 0 Å². The number of nitrogens with one attached hydrogen (secondary N) is 1. The molecule has 20 heavy (non-hydrogen) atoms. The molecule has 0 fully saturated rings. The standard InChI is InChI=1S/C15H13FN2O2/c16-14-6-5-13(9-18-14)15(20)17-8-7-11-1-3-12(10-19)4-2-11/h1-6,9-10H,7-8H2,(H,17,20). The van der Waals surface area contributed by atoms with Crippen LogP contribution in [0.4, 0.5) is 4.39 Å². The third kappa shape index (κ3) is 3.71. The minimum absolute atomic E-state index is 0.290. The van der Waals surface area contributed by atoms with E-state index in [1.165, 1.54) is 12.3 Å². The van der Waals surface area contributed by atoms with E-state index in [4.69, 9.17) is 0 Å². The normalized spacial score (nSPS) is 10.1. The van der Waals surface area contributed by atoms with Crippen LogP contribution in [0.1, 0.15) is 26.3 Å². The minimum atomic E-state index is -0.614. The van der Waals surface area contributed by atoms with Crippen LogP contribution in [-0.4, -0.2) is 23.7 Å². The van der Waals surface area contributed by atoms with Gasteiger partial charge in [-0.3, -0.25) is 9.59 Å². The smallest absolute Gasteiger partial charge is 0.252 e. The van der Waals surface area contributed by atoms with E-state index in [-0.39, 0.29) is 5.91 Å². The second kappa shape index (κ2) is 6.56. The fourth-order valence-corrected chi connectivity index (χ4v) is 1.70. The minimum Gasteiger partial charge on any atom is -0.352 e. The molecule has 0 bridgehead atoms. The van der Waals surface area contributed by atoms with Gasteiger partial charge in [0.25, 0.3) is 5.91 Å². The highest BCUT2D eigenvalue weighted by molar-refractivity contribution is 5.93. The molecule has 0 aliphatic carbocycles. The fourth-order valence-electron chi connectivity index (χ4n) is 1.70. The van der Waals surface area contributed by atoms with Crippen molar-refractivity contribution in [3.63, 3.8) is 0 Å². The van der Waals surface area contributed by atoms with Crippen LogP contribution in [0.25, 0.3) is 0 Å². The summed E-state index contributed by atoms with van der Waals surface area (Å²) < 4.78 is 12.6. The zero-order valence-corrected chi connectivity index (χ0v) is 10.7. The number of hydrogen-bond donors (Lipinski definition) is 1. The highest BCUT2D eigenvalue weighted by Gasteiger charge is 2.05. The Morgan fingerprint density at radius 1 is 1.20 bits per heavy atom. The quantitative estimate of drug-likeness (QED) is 0.669. The number of amides is 1. The summed E-state index contributed by atoms with van der Waals surface area (Å²) in [4.78, 5) is 25.7. The van der Waals surface area contributed by atoms with Gasteiger partial charge in [-0.1, -0.05) is 24.3 Å². The lowest BCUT2D eigenvalue weighted by molar-refractivity contribution is 0.0953. The van der Waals surface area contributed by atoms with Crippen LogP contribution in [0.5, 0.6) is 0 Å². The first-order chi connectivity index (χ1) is 9.69. The Labute approximate surface area is 115 Å². The topological polar surface area (TPSA) is 59.1 Å². The molecule has 102 valence electrons. The van der Waals surface area contributed by atoms with E-state index in [1.807, 2.05) is 12.1 Å². The third-order valence-electron chi connectivity index (χ3n) is 2.80. The Bertz CT molecular complexity index is 594. The van der Waals surface area contributed by atoms with Crippen molar-refractivity contribution >= 4 is 12.2 Å². The van der Waals surface area contributed by atoms with Crippen LogP contribution in [0.2, 0.25) is 0 Å². The van der Waals surface area contributed by atoms with Gasteiger partial charge in [-0.2, -0.15) is 4.39 Å². The van der Waals surface area contributed by atoms with E-state index in [0.29, 0.717) is 24.1 Å². The van der Waals surface area contributed by atoms with Crippen LogP contribution >= 0.6 is 0 Å². The summed E-state index contributed by atoms with van der Waals surface area (Å²) in [7, 11) is 0. The summed E-state index contributed by atoms with van der Waals surface area (Å²) in [5.41, 5.74) is 1.96. The highest BCUT2D eigenvalue weighted by Crippen LogP contribution is 2.03. The maximum Gasteiger partial charge on any atom is 0.252 e. The van der Waals surface area contributed by atoms with Crippen molar-refractivity contribution in [3.05, 3.63) is 65.2 Å². The van der Waals surface area contributed by atoms with E-state index in [9.17, 15) is 14.0 Å². The average molecular weight is 272 g/mol. The van der Waals surface area contributed by atoms with Crippen molar-refractivity contribution in [2.45, 2.75) is 6.42 Å². The molecule has 1 aromatic carbocycles. The molecule has 0 saturated heterocycles. The molecular weight excluding hydrogens is 259 g/mol. The molecule has 0 radical (unpaired) electrons. The molecule has 0 atom stereocenters. The number of hydrogen-bond acceptors (Lipinski definition) is 3. The number of rotatable bonds is 5. The number of nitrogens with zero attached hydrogens (tertiary/aromatic N) is 1. The van der Waals surface area contributed by atoms with Gasteiger partial charge < -0.3 is 5.32 Å². The Kier molecular flexibility index (Phi) is 4.55. The maximum atomic E-state index is 12.6. The Morgan fingerprint density at radius 2 is 1.95 bits per heavy atom. The lowest BCUT2D eigenvalue weighted by Gasteiger charge is -2.05. The first kappa shape index (κ1) is 13.9. The molecule has 2 aromatic rings. The van der Waals surface area contributed by atoms with E-state index < -0.39 is 5.95 Å². The van der Waals surface area contributed by atoms with Gasteiger partial charge in [0.1, 0.15) is 6.29 Å². The first-order valence-electron chi connectivity index (χ1n) is 6.13. The molecule has 0 spiro atoms. The predicted octanol–water partition coefficient (Wildman–Crippen LogP) is 2.01. The van der Waals surface area contributed by atoms with Crippen molar-refractivity contribution in [1.29, 1.82) is 0 Å². The van der Waals surface area contributed by atoms with Crippen LogP contribution in [0.3, 0.4) is 0 Å². The molecule has 4 nitrogen and oxygen atoms in total. The van der Waals surface area contributed by atoms with Crippen molar-refractivity contribution in [2.75, 3.05) is 6.54 Å². The number of halogens is 1. The second-order valence-corrected chi connectivity index (χ2v) is 4.23. The van der Waals surface area contributed by atoms with Gasteiger partial charge in [0.2, 0.25) is 5.95 Å². The second-order valence-electron chi connectivity index (χ2n) is 4.23. The summed E-state index contributed by atoms with van der Waals surface area (Å²) in [5, 5.41) is 2.72. The molecule has 2 rings (SSSR count). The Balaban J connectivity index is 1.84. The average Bonchev–Trinajstić information content (AvgIpc) is 2.48. The number of benzene rings is 1. The molecule has 0 aliphatic rings. The Hall–Kier alpha value is -2.56. The number of pyridine rings is 1. The van der Waals surface area contributed by atoms with Crippen LogP contribution in [0, 0.1) is 5.95 Å². The number of aldehydes is 1. The molecule has 1 amide bonds. The molecule has 1 N–H and O–H groups in total. The van der Waals surface area contributed by atoms with Crippen molar-refractivity contribution in [3.8, 4) is 0 Å². The van der Waals surface area contributed by atoms with Crippen molar-refractivity contribution < 1.29 is 14.0 Å². The zero-order valence-electron chi connectivity index (χ0n) is 10.7. The van der Waals surface area contributed by atoms with Gasteiger partial charge >= 0.3 is 0 Å². The van der Waals surface area contributed by atoms with Crippen molar-refractivity contribution in [1.82, 2.24) is 10.3 Å². The van der Waals surface area contributed by atoms with Crippen LogP contribution in [0.15, 0.2) is 42.6 Å². The van der Waals surface area contributed by atoms with Crippen LogP contribution < -0.4 is 5.32 Å². The fraction of sp³-hybridized carbons (Fsp3) is 0.133. The lowest BCUT2D eigenvalue weighted by Crippen LogP contribution is -2.25. The zero-order chi connectivity index (χ0) is 14.4. The highest BCUT2D eigenvalue weighted by atomic mass is 19.1. The summed E-state index contributed by atoms with van der Waals surface area (Å²) in [6.45, 7) is 0.455. The summed E-state index contributed by atoms with van der Waals surface area (Å²) in [6.07, 6.45) is 2.64. The van der Waals surface area contributed by atoms with Gasteiger partial charge in [-0.25, -0.2) is 4.98 Å². The van der Waals surface area contributed by atoms with Crippen LogP contribution in [-0.2, 0) is 6.42 Å². The van der Waals surface area contributed by atoms with E-state index in [0.717, 1.165) is 17.9 Å². The molecule has 0 saturated carbocycles. The molecule has 1 heterocycles. The number of carbonyl (C=O) groups is 2. The largest absolute Gasteiger partial charge is 0.352 e. The van der Waals surface area contributed by atoms with Gasteiger partial charge in [0.05, 0.1) is 5.56 Å². The van der Waals surface area contributed by atoms with Crippen molar-refractivity contribution in [2.24, 2.45) is 0 Å². The summed E-state index contributed by atoms with van der Waals surface area (Å²) >= 11 is 0. The molecular formula is C15H13FN2O2. The van der Waals surface area contributed by atoms with E-state index >= 15 is 0 Å². The Morgan fingerprint density at radius 3 is 2.55 bits per heavy atom. The molecule has 0 unspecified atom stereocenters. The monoisotopic (exact) mass is 272 g/mol. The third-order valence-corrected chi connectivity index (χ3v) is 2.80. The van der Waals surface area contributed by atoms with Gasteiger partial charge in [-0.05, 0) is 24.1 Å². The SMILES string of the molecule is O=Cc1ccc(CCNC(=O)c2ccc(F)nc2)cc1. The van der Waals surface area contributed by atoms with E-state index in [1.54, 1.807) is 12.1 Å². The molecule has 5 heteroatoms. The molecule has 1 aromatic heterocycles. The maximum absolute atomic E-state index is 12.6. The predicted molar refractivity (Wildman–Crippen MR) is 72.1 cm³/mol. The van der Waals surface area contributed by atoms with Gasteiger partial charge in [0.15, 0.2) is 0 Å². The molecule has 0 aliphatic heterocycles. The lowest BCUT2D eigenvalue weighted by atomic mass is 10.1. The first-order valence-corrected chi connectivity index (χ1v) is 6.13.